The van der Waals surface area contributed by atoms with Crippen LogP contribution in [0.1, 0.15) is 29.8 Å². The second kappa shape index (κ2) is 5.87. The minimum Gasteiger partial charge on any atom is -0.346 e. The smallest absolute Gasteiger partial charge is 0.346 e. The number of hydrogen-bond donors (Lipinski definition) is 0. The van der Waals surface area contributed by atoms with Gasteiger partial charge in [-0.15, -0.1) is 10.2 Å². The molecule has 2 unspecified atom stereocenters. The van der Waals surface area contributed by atoms with E-state index in [9.17, 15) is 13.2 Å². The summed E-state index contributed by atoms with van der Waals surface area (Å²) in [5.41, 5.74) is 1.29. The number of alkyl halides is 3. The Balaban J connectivity index is 1.71. The fraction of sp³-hybridized carbons (Fsp3) is 0.467. The Bertz CT molecular complexity index is 626. The van der Waals surface area contributed by atoms with Crippen LogP contribution in [0.2, 0.25) is 0 Å². The van der Waals surface area contributed by atoms with Crippen LogP contribution in [0.4, 0.5) is 18.3 Å². The molecule has 2 atom stereocenters. The standard InChI is InChI=1S/C15H16F3N3S/c1-10-9-21(14-20-19-13(22-14)15(16,17)18)8-7-12(10)11-5-3-2-4-6-11/h2-6,10,12H,7-9H2,1H3. The zero-order valence-corrected chi connectivity index (χ0v) is 12.9. The second-order valence-electron chi connectivity index (χ2n) is 5.62. The molecule has 1 aromatic heterocycles. The molecule has 0 aliphatic carbocycles. The van der Waals surface area contributed by atoms with Gasteiger partial charge in [-0.25, -0.2) is 0 Å². The normalized spacial score (nSPS) is 22.8. The summed E-state index contributed by atoms with van der Waals surface area (Å²) in [5, 5.41) is 6.47. The first-order valence-corrected chi connectivity index (χ1v) is 7.97. The van der Waals surface area contributed by atoms with Crippen molar-refractivity contribution in [3.8, 4) is 0 Å². The van der Waals surface area contributed by atoms with Crippen molar-refractivity contribution in [1.29, 1.82) is 0 Å². The van der Waals surface area contributed by atoms with Crippen LogP contribution >= 0.6 is 11.3 Å². The Kier molecular flexibility index (Phi) is 4.08. The number of hydrogen-bond acceptors (Lipinski definition) is 4. The van der Waals surface area contributed by atoms with Crippen molar-refractivity contribution in [2.75, 3.05) is 18.0 Å². The molecule has 1 aliphatic heterocycles. The highest BCUT2D eigenvalue weighted by molar-refractivity contribution is 7.15. The molecule has 3 nitrogen and oxygen atoms in total. The average Bonchev–Trinajstić information content (AvgIpc) is 2.98. The zero-order valence-electron chi connectivity index (χ0n) is 12.0. The fourth-order valence-electron chi connectivity index (χ4n) is 2.97. The molecule has 1 aromatic carbocycles. The van der Waals surface area contributed by atoms with Gasteiger partial charge in [-0.1, -0.05) is 48.6 Å². The molecule has 0 radical (unpaired) electrons. The van der Waals surface area contributed by atoms with Gasteiger partial charge in [0.05, 0.1) is 0 Å². The van der Waals surface area contributed by atoms with Gasteiger partial charge in [-0.2, -0.15) is 13.2 Å². The second-order valence-corrected chi connectivity index (χ2v) is 6.57. The predicted molar refractivity (Wildman–Crippen MR) is 80.1 cm³/mol. The summed E-state index contributed by atoms with van der Waals surface area (Å²) in [6, 6.07) is 10.3. The molecule has 7 heteroatoms. The SMILES string of the molecule is CC1CN(c2nnc(C(F)(F)F)s2)CCC1c1ccccc1. The number of aromatic nitrogens is 2. The van der Waals surface area contributed by atoms with Crippen LogP contribution in [-0.4, -0.2) is 23.3 Å². The molecule has 0 spiro atoms. The highest BCUT2D eigenvalue weighted by Crippen LogP contribution is 2.38. The lowest BCUT2D eigenvalue weighted by atomic mass is 9.82. The fourth-order valence-corrected chi connectivity index (χ4v) is 3.72. The van der Waals surface area contributed by atoms with E-state index < -0.39 is 11.2 Å². The lowest BCUT2D eigenvalue weighted by Gasteiger charge is -2.36. The topological polar surface area (TPSA) is 29.0 Å². The molecule has 22 heavy (non-hydrogen) atoms. The molecule has 0 amide bonds. The van der Waals surface area contributed by atoms with Crippen LogP contribution in [0.5, 0.6) is 0 Å². The quantitative estimate of drug-likeness (QED) is 0.828. The van der Waals surface area contributed by atoms with E-state index in [1.165, 1.54) is 5.56 Å². The summed E-state index contributed by atoms with van der Waals surface area (Å²) in [6.45, 7) is 3.54. The van der Waals surface area contributed by atoms with Crippen molar-refractivity contribution in [3.05, 3.63) is 40.9 Å². The largest absolute Gasteiger partial charge is 0.445 e. The molecule has 0 saturated carbocycles. The minimum absolute atomic E-state index is 0.356. The summed E-state index contributed by atoms with van der Waals surface area (Å²) in [6.07, 6.45) is -3.50. The van der Waals surface area contributed by atoms with Gasteiger partial charge in [-0.3, -0.25) is 0 Å². The predicted octanol–water partition coefficient (Wildman–Crippen LogP) is 4.19. The van der Waals surface area contributed by atoms with Gasteiger partial charge in [0.15, 0.2) is 0 Å². The summed E-state index contributed by atoms with van der Waals surface area (Å²) in [7, 11) is 0. The van der Waals surface area contributed by atoms with Gasteiger partial charge in [0.2, 0.25) is 10.1 Å². The maximum Gasteiger partial charge on any atom is 0.445 e. The van der Waals surface area contributed by atoms with Crippen LogP contribution in [0.25, 0.3) is 0 Å². The van der Waals surface area contributed by atoms with E-state index in [0.717, 1.165) is 6.42 Å². The molecular weight excluding hydrogens is 311 g/mol. The zero-order chi connectivity index (χ0) is 15.7. The summed E-state index contributed by atoms with van der Waals surface area (Å²) >= 11 is 0.624. The summed E-state index contributed by atoms with van der Waals surface area (Å²) < 4.78 is 37.9. The molecule has 1 aliphatic rings. The highest BCUT2D eigenvalue weighted by Gasteiger charge is 2.37. The van der Waals surface area contributed by atoms with E-state index in [2.05, 4.69) is 29.3 Å². The number of anilines is 1. The van der Waals surface area contributed by atoms with Gasteiger partial charge in [0.1, 0.15) is 0 Å². The average molecular weight is 327 g/mol. The first kappa shape index (κ1) is 15.3. The Morgan fingerprint density at radius 2 is 1.91 bits per heavy atom. The van der Waals surface area contributed by atoms with Crippen LogP contribution in [0.15, 0.2) is 30.3 Å². The summed E-state index contributed by atoms with van der Waals surface area (Å²) in [4.78, 5) is 1.91. The lowest BCUT2D eigenvalue weighted by Crippen LogP contribution is -2.38. The third kappa shape index (κ3) is 3.09. The Hall–Kier alpha value is -1.63. The first-order chi connectivity index (χ1) is 10.4. The van der Waals surface area contributed by atoms with Crippen LogP contribution < -0.4 is 4.90 Å². The van der Waals surface area contributed by atoms with E-state index in [4.69, 9.17) is 0 Å². The number of halogens is 3. The lowest BCUT2D eigenvalue weighted by molar-refractivity contribution is -0.138. The maximum absolute atomic E-state index is 12.6. The van der Waals surface area contributed by atoms with E-state index in [1.54, 1.807) is 0 Å². The van der Waals surface area contributed by atoms with Gasteiger partial charge >= 0.3 is 6.18 Å². The molecule has 0 bridgehead atoms. The number of benzene rings is 1. The third-order valence-corrected chi connectivity index (χ3v) is 5.09. The van der Waals surface area contributed by atoms with Gasteiger partial charge in [-0.05, 0) is 23.8 Å². The number of rotatable bonds is 2. The Morgan fingerprint density at radius 3 is 2.50 bits per heavy atom. The molecule has 3 rings (SSSR count). The molecule has 2 heterocycles. The first-order valence-electron chi connectivity index (χ1n) is 7.16. The monoisotopic (exact) mass is 327 g/mol. The van der Waals surface area contributed by atoms with E-state index in [0.29, 0.717) is 41.4 Å². The van der Waals surface area contributed by atoms with Crippen molar-refractivity contribution < 1.29 is 13.2 Å². The molecule has 1 saturated heterocycles. The van der Waals surface area contributed by atoms with Gasteiger partial charge < -0.3 is 4.90 Å². The minimum atomic E-state index is -4.41. The molecular formula is C15H16F3N3S. The Labute approximate surface area is 130 Å². The number of piperidine rings is 1. The third-order valence-electron chi connectivity index (χ3n) is 4.06. The van der Waals surface area contributed by atoms with Gasteiger partial charge in [0, 0.05) is 13.1 Å². The molecule has 118 valence electrons. The van der Waals surface area contributed by atoms with Crippen molar-refractivity contribution in [3.63, 3.8) is 0 Å². The van der Waals surface area contributed by atoms with Crippen molar-refractivity contribution in [2.24, 2.45) is 5.92 Å². The maximum atomic E-state index is 12.6. The van der Waals surface area contributed by atoms with E-state index >= 15 is 0 Å². The van der Waals surface area contributed by atoms with Crippen LogP contribution in [0.3, 0.4) is 0 Å². The van der Waals surface area contributed by atoms with Gasteiger partial charge in [0.25, 0.3) is 0 Å². The van der Waals surface area contributed by atoms with Crippen molar-refractivity contribution in [1.82, 2.24) is 10.2 Å². The van der Waals surface area contributed by atoms with Crippen molar-refractivity contribution in [2.45, 2.75) is 25.4 Å². The highest BCUT2D eigenvalue weighted by atomic mass is 32.1. The number of nitrogens with zero attached hydrogens (tertiary/aromatic N) is 3. The van der Waals surface area contributed by atoms with E-state index in [-0.39, 0.29) is 0 Å². The molecule has 1 fully saturated rings. The van der Waals surface area contributed by atoms with Crippen LogP contribution in [-0.2, 0) is 6.18 Å². The Morgan fingerprint density at radius 1 is 1.18 bits per heavy atom. The van der Waals surface area contributed by atoms with Crippen molar-refractivity contribution >= 4 is 16.5 Å². The van der Waals surface area contributed by atoms with E-state index in [1.807, 2.05) is 23.1 Å². The summed E-state index contributed by atoms with van der Waals surface area (Å²) in [5.74, 6) is 0.793. The van der Waals surface area contributed by atoms with Crippen LogP contribution in [0, 0.1) is 5.92 Å². The molecule has 0 N–H and O–H groups in total. The molecule has 2 aromatic rings.